The first-order valence-corrected chi connectivity index (χ1v) is 17.3. The van der Waals surface area contributed by atoms with E-state index in [0.29, 0.717) is 5.57 Å². The summed E-state index contributed by atoms with van der Waals surface area (Å²) >= 11 is 0. The minimum atomic E-state index is -2.21. The van der Waals surface area contributed by atoms with Gasteiger partial charge in [0.05, 0.1) is 29.6 Å². The number of ether oxygens (including phenoxy) is 5. The van der Waals surface area contributed by atoms with Gasteiger partial charge in [-0.05, 0) is 48.8 Å². The molecule has 276 valence electrons. The van der Waals surface area contributed by atoms with Crippen LogP contribution in [0.15, 0.2) is 77.9 Å². The van der Waals surface area contributed by atoms with E-state index < -0.39 is 88.1 Å². The second-order valence-corrected chi connectivity index (χ2v) is 14.9. The van der Waals surface area contributed by atoms with Gasteiger partial charge in [0.25, 0.3) is 0 Å². The highest BCUT2D eigenvalue weighted by Gasteiger charge is 2.78. The van der Waals surface area contributed by atoms with E-state index in [9.17, 15) is 29.4 Å². The topological polar surface area (TPSA) is 172 Å². The standard InChI is InChI=1S/C40H44O12/c1-22-27(50-30(44)18-17-25-13-9-7-10-14-25)20-40(47)35(51-36(46)26-15-11-8-12-16-26)33-38(6,28(43)19-29-39(33,21-48-29)52-24(3)42)34(45)32(49-23(2)41)31(22)37(40,4)5/h7-18,27-29,32-33,35,43,47H,19-21H2,1-6H3/b18-17-/t27-,28+,29+,32+,33-,35+,38+,39-,40+/m0/s1. The van der Waals surface area contributed by atoms with Gasteiger partial charge in [-0.1, -0.05) is 62.4 Å². The van der Waals surface area contributed by atoms with Gasteiger partial charge in [0.2, 0.25) is 0 Å². The molecule has 1 heterocycles. The van der Waals surface area contributed by atoms with E-state index in [1.54, 1.807) is 57.2 Å². The van der Waals surface area contributed by atoms with Crippen LogP contribution >= 0.6 is 0 Å². The molecule has 2 bridgehead atoms. The Labute approximate surface area is 301 Å². The van der Waals surface area contributed by atoms with Crippen LogP contribution in [0.5, 0.6) is 0 Å². The third-order valence-corrected chi connectivity index (χ3v) is 11.7. The lowest BCUT2D eigenvalue weighted by Gasteiger charge is -2.67. The first-order chi connectivity index (χ1) is 24.5. The van der Waals surface area contributed by atoms with Gasteiger partial charge < -0.3 is 33.9 Å². The predicted molar refractivity (Wildman–Crippen MR) is 184 cm³/mol. The molecule has 0 amide bonds. The average Bonchev–Trinajstić information content (AvgIpc) is 3.09. The molecule has 3 aliphatic carbocycles. The van der Waals surface area contributed by atoms with Crippen LogP contribution in [-0.2, 0) is 42.9 Å². The Balaban J connectivity index is 1.59. The van der Waals surface area contributed by atoms with E-state index in [4.69, 9.17) is 23.7 Å². The minimum Gasteiger partial charge on any atom is -0.455 e. The summed E-state index contributed by atoms with van der Waals surface area (Å²) in [5.74, 6) is -5.37. The Morgan fingerprint density at radius 1 is 0.904 bits per heavy atom. The van der Waals surface area contributed by atoms with Gasteiger partial charge in [0, 0.05) is 38.2 Å². The smallest absolute Gasteiger partial charge is 0.338 e. The average molecular weight is 717 g/mol. The lowest BCUT2D eigenvalue weighted by atomic mass is 9.44. The second kappa shape index (κ2) is 13.4. The molecular weight excluding hydrogens is 672 g/mol. The summed E-state index contributed by atoms with van der Waals surface area (Å²) in [5.41, 5.74) is -6.01. The maximum Gasteiger partial charge on any atom is 0.338 e. The number of Topliss-reactive ketones (excluding diaryl/α,β-unsaturated/α-hetero) is 1. The Morgan fingerprint density at radius 3 is 2.12 bits per heavy atom. The van der Waals surface area contributed by atoms with Crippen molar-refractivity contribution in [2.75, 3.05) is 6.61 Å². The summed E-state index contributed by atoms with van der Waals surface area (Å²) in [6.45, 7) is 8.40. The number of hydrogen-bond acceptors (Lipinski definition) is 12. The van der Waals surface area contributed by atoms with Gasteiger partial charge in [-0.25, -0.2) is 9.59 Å². The van der Waals surface area contributed by atoms with E-state index in [2.05, 4.69) is 0 Å². The lowest BCUT2D eigenvalue weighted by Crippen LogP contribution is -2.82. The number of benzene rings is 2. The Hall–Kier alpha value is -4.65. The molecule has 12 nitrogen and oxygen atoms in total. The number of aliphatic hydroxyl groups excluding tert-OH is 1. The molecule has 6 rings (SSSR count). The number of esters is 4. The van der Waals surface area contributed by atoms with Crippen LogP contribution in [0, 0.1) is 16.7 Å². The zero-order valence-corrected chi connectivity index (χ0v) is 30.0. The van der Waals surface area contributed by atoms with E-state index >= 15 is 4.79 Å². The minimum absolute atomic E-state index is 0.132. The zero-order chi connectivity index (χ0) is 37.8. The molecule has 1 saturated heterocycles. The second-order valence-electron chi connectivity index (χ2n) is 14.9. The number of aliphatic hydroxyl groups is 2. The van der Waals surface area contributed by atoms with Crippen molar-refractivity contribution in [2.24, 2.45) is 16.7 Å². The SMILES string of the molecule is CC(=O)O[C@H]1C(=O)[C@]2(C)[C@H](O)C[C@H]3OC[C@@]3(OC(C)=O)[C@H]2[C@@H](OC(=O)c2ccccc2)[C@]2(O)C[C@H](OC(=O)/C=C\c3ccccc3)C(C)=C1C2(C)C. The van der Waals surface area contributed by atoms with Crippen LogP contribution in [0.25, 0.3) is 6.08 Å². The normalized spacial score (nSPS) is 34.8. The van der Waals surface area contributed by atoms with E-state index in [0.717, 1.165) is 12.5 Å². The van der Waals surface area contributed by atoms with Gasteiger partial charge in [0.15, 0.2) is 17.5 Å². The molecule has 1 aliphatic heterocycles. The molecule has 4 aliphatic rings. The van der Waals surface area contributed by atoms with Crippen molar-refractivity contribution in [3.05, 3.63) is 89.0 Å². The van der Waals surface area contributed by atoms with Crippen LogP contribution in [0.1, 0.15) is 70.3 Å². The molecule has 2 saturated carbocycles. The highest BCUT2D eigenvalue weighted by atomic mass is 16.6. The predicted octanol–water partition coefficient (Wildman–Crippen LogP) is 3.92. The van der Waals surface area contributed by atoms with E-state index in [1.807, 2.05) is 18.2 Å². The van der Waals surface area contributed by atoms with Crippen LogP contribution in [0.4, 0.5) is 0 Å². The molecule has 0 unspecified atom stereocenters. The van der Waals surface area contributed by atoms with Crippen LogP contribution in [0.2, 0.25) is 0 Å². The molecule has 0 spiro atoms. The van der Waals surface area contributed by atoms with Crippen molar-refractivity contribution in [2.45, 2.75) is 96.1 Å². The quantitative estimate of drug-likeness (QED) is 0.184. The molecule has 0 aromatic heterocycles. The van der Waals surface area contributed by atoms with Gasteiger partial charge in [0.1, 0.15) is 23.9 Å². The number of rotatable bonds is 7. The fourth-order valence-corrected chi connectivity index (χ4v) is 8.93. The Bertz CT molecular complexity index is 1830. The van der Waals surface area contributed by atoms with Gasteiger partial charge >= 0.3 is 23.9 Å². The van der Waals surface area contributed by atoms with Gasteiger partial charge in [-0.2, -0.15) is 0 Å². The molecule has 3 fully saturated rings. The molecule has 9 atom stereocenters. The highest BCUT2D eigenvalue weighted by Crippen LogP contribution is 2.64. The Kier molecular flexibility index (Phi) is 9.56. The number of hydrogen-bond donors (Lipinski definition) is 2. The summed E-state index contributed by atoms with van der Waals surface area (Å²) in [6.07, 6.45) is -4.70. The molecular formula is C40H44O12. The zero-order valence-electron chi connectivity index (χ0n) is 30.0. The van der Waals surface area contributed by atoms with Crippen molar-refractivity contribution in [3.8, 4) is 0 Å². The summed E-state index contributed by atoms with van der Waals surface area (Å²) in [5, 5.41) is 25.3. The molecule has 52 heavy (non-hydrogen) atoms. The first-order valence-electron chi connectivity index (χ1n) is 17.3. The molecule has 2 aromatic carbocycles. The van der Waals surface area contributed by atoms with Crippen LogP contribution in [0.3, 0.4) is 0 Å². The van der Waals surface area contributed by atoms with Crippen molar-refractivity contribution in [1.82, 2.24) is 0 Å². The van der Waals surface area contributed by atoms with Crippen molar-refractivity contribution < 1.29 is 57.9 Å². The maximum atomic E-state index is 15.2. The molecule has 0 radical (unpaired) electrons. The monoisotopic (exact) mass is 716 g/mol. The van der Waals surface area contributed by atoms with Crippen LogP contribution in [-0.4, -0.2) is 88.2 Å². The number of fused-ring (bicyclic) bond motifs is 5. The Morgan fingerprint density at radius 2 is 1.54 bits per heavy atom. The first kappa shape index (κ1) is 37.1. The number of ketones is 1. The highest BCUT2D eigenvalue weighted by molar-refractivity contribution is 5.95. The molecule has 12 heteroatoms. The van der Waals surface area contributed by atoms with Gasteiger partial charge in [-0.15, -0.1) is 0 Å². The number of carbonyl (C=O) groups is 5. The van der Waals surface area contributed by atoms with Crippen molar-refractivity contribution >= 4 is 35.7 Å². The lowest BCUT2D eigenvalue weighted by molar-refractivity contribution is -0.346. The van der Waals surface area contributed by atoms with E-state index in [-0.39, 0.29) is 30.6 Å². The summed E-state index contributed by atoms with van der Waals surface area (Å²) in [6, 6.07) is 17.1. The summed E-state index contributed by atoms with van der Waals surface area (Å²) in [7, 11) is 0. The van der Waals surface area contributed by atoms with Crippen LogP contribution < -0.4 is 0 Å². The van der Waals surface area contributed by atoms with E-state index in [1.165, 1.54) is 32.1 Å². The molecule has 2 N–H and O–H groups in total. The third kappa shape index (κ3) is 5.86. The third-order valence-electron chi connectivity index (χ3n) is 11.7. The fraction of sp³-hybridized carbons (Fsp3) is 0.475. The number of carbonyl (C=O) groups excluding carboxylic acids is 5. The largest absolute Gasteiger partial charge is 0.455 e. The van der Waals surface area contributed by atoms with Gasteiger partial charge in [-0.3, -0.25) is 14.4 Å². The van der Waals surface area contributed by atoms with Crippen molar-refractivity contribution in [3.63, 3.8) is 0 Å². The summed E-state index contributed by atoms with van der Waals surface area (Å²) in [4.78, 5) is 68.3. The maximum absolute atomic E-state index is 15.2. The summed E-state index contributed by atoms with van der Waals surface area (Å²) < 4.78 is 30.0. The molecule has 2 aromatic rings. The fourth-order valence-electron chi connectivity index (χ4n) is 8.93. The van der Waals surface area contributed by atoms with Crippen molar-refractivity contribution in [1.29, 1.82) is 0 Å².